The lowest BCUT2D eigenvalue weighted by Gasteiger charge is -2.10. The predicted octanol–water partition coefficient (Wildman–Crippen LogP) is 0.241. The zero-order valence-electron chi connectivity index (χ0n) is 8.77. The van der Waals surface area contributed by atoms with E-state index in [1.165, 1.54) is 4.52 Å². The van der Waals surface area contributed by atoms with Gasteiger partial charge in [0.1, 0.15) is 5.82 Å². The summed E-state index contributed by atoms with van der Waals surface area (Å²) in [5, 5.41) is 13.3. The summed E-state index contributed by atoms with van der Waals surface area (Å²) in [7, 11) is 0. The minimum Gasteiger partial charge on any atom is -0.365 e. The second-order valence-corrected chi connectivity index (χ2v) is 3.47. The standard InChI is InChI=1S/C10H11N5O/c1-3-4-7(2)11-8-5-6-9-12-13-10(16)15(9)14-8/h1,5-7H,4H2,2H3,(H,11,14)(H,13,16). The van der Waals surface area contributed by atoms with Gasteiger partial charge >= 0.3 is 5.69 Å². The molecule has 0 aliphatic heterocycles. The molecule has 2 aromatic heterocycles. The Morgan fingerprint density at radius 2 is 2.50 bits per heavy atom. The summed E-state index contributed by atoms with van der Waals surface area (Å²) >= 11 is 0. The highest BCUT2D eigenvalue weighted by molar-refractivity contribution is 5.43. The number of rotatable bonds is 3. The van der Waals surface area contributed by atoms with Crippen LogP contribution in [0.2, 0.25) is 0 Å². The normalized spacial score (nSPS) is 12.2. The van der Waals surface area contributed by atoms with E-state index >= 15 is 0 Å². The van der Waals surface area contributed by atoms with Crippen LogP contribution in [0.3, 0.4) is 0 Å². The van der Waals surface area contributed by atoms with Crippen molar-refractivity contribution in [2.75, 3.05) is 5.32 Å². The summed E-state index contributed by atoms with van der Waals surface area (Å²) in [6, 6.07) is 3.57. The number of H-pyrrole nitrogens is 1. The maximum atomic E-state index is 11.3. The molecule has 0 spiro atoms. The molecule has 0 aromatic carbocycles. The van der Waals surface area contributed by atoms with Crippen LogP contribution in [0.1, 0.15) is 13.3 Å². The smallest absolute Gasteiger partial charge is 0.364 e. The van der Waals surface area contributed by atoms with Crippen molar-refractivity contribution in [3.05, 3.63) is 22.6 Å². The van der Waals surface area contributed by atoms with E-state index < -0.39 is 0 Å². The molecule has 2 rings (SSSR count). The van der Waals surface area contributed by atoms with Gasteiger partial charge < -0.3 is 5.32 Å². The molecular formula is C10H11N5O. The van der Waals surface area contributed by atoms with Crippen LogP contribution in [0.25, 0.3) is 5.65 Å². The molecular weight excluding hydrogens is 206 g/mol. The van der Waals surface area contributed by atoms with Crippen LogP contribution in [0.4, 0.5) is 5.82 Å². The quantitative estimate of drug-likeness (QED) is 0.722. The van der Waals surface area contributed by atoms with Gasteiger partial charge in [0.05, 0.1) is 0 Å². The van der Waals surface area contributed by atoms with Crippen LogP contribution in [0, 0.1) is 12.3 Å². The molecule has 82 valence electrons. The molecule has 0 saturated heterocycles. The Morgan fingerprint density at radius 1 is 1.69 bits per heavy atom. The predicted molar refractivity (Wildman–Crippen MR) is 60.1 cm³/mol. The molecule has 1 atom stereocenters. The molecule has 1 unspecified atom stereocenters. The third-order valence-electron chi connectivity index (χ3n) is 2.09. The fourth-order valence-corrected chi connectivity index (χ4v) is 1.36. The van der Waals surface area contributed by atoms with Crippen LogP contribution in [-0.4, -0.2) is 25.9 Å². The van der Waals surface area contributed by atoms with E-state index in [0.29, 0.717) is 17.9 Å². The summed E-state index contributed by atoms with van der Waals surface area (Å²) in [6.07, 6.45) is 5.80. The van der Waals surface area contributed by atoms with Gasteiger partial charge in [-0.2, -0.15) is 9.61 Å². The molecule has 0 saturated carbocycles. The first-order chi connectivity index (χ1) is 7.70. The third kappa shape index (κ3) is 1.88. The first-order valence-electron chi connectivity index (χ1n) is 4.85. The molecule has 6 heteroatoms. The second kappa shape index (κ2) is 4.06. The zero-order valence-corrected chi connectivity index (χ0v) is 8.77. The topological polar surface area (TPSA) is 75.1 Å². The average molecular weight is 217 g/mol. The van der Waals surface area contributed by atoms with Crippen molar-refractivity contribution < 1.29 is 0 Å². The Morgan fingerprint density at radius 3 is 3.25 bits per heavy atom. The van der Waals surface area contributed by atoms with Gasteiger partial charge in [-0.3, -0.25) is 0 Å². The lowest BCUT2D eigenvalue weighted by Crippen LogP contribution is -2.18. The van der Waals surface area contributed by atoms with Crippen molar-refractivity contribution in [1.29, 1.82) is 0 Å². The number of terminal acetylenes is 1. The van der Waals surface area contributed by atoms with Gasteiger partial charge in [0, 0.05) is 12.5 Å². The van der Waals surface area contributed by atoms with Gasteiger partial charge in [0.25, 0.3) is 0 Å². The van der Waals surface area contributed by atoms with Crippen LogP contribution < -0.4 is 11.0 Å². The van der Waals surface area contributed by atoms with Gasteiger partial charge in [-0.15, -0.1) is 17.4 Å². The molecule has 0 fully saturated rings. The number of aromatic nitrogens is 4. The lowest BCUT2D eigenvalue weighted by molar-refractivity contribution is 0.799. The number of aromatic amines is 1. The summed E-state index contributed by atoms with van der Waals surface area (Å²) < 4.78 is 1.20. The molecule has 0 aliphatic carbocycles. The molecule has 0 aliphatic rings. The number of hydrogen-bond acceptors (Lipinski definition) is 4. The molecule has 2 aromatic rings. The molecule has 0 amide bonds. The van der Waals surface area contributed by atoms with Crippen LogP contribution in [-0.2, 0) is 0 Å². The number of nitrogens with one attached hydrogen (secondary N) is 2. The third-order valence-corrected chi connectivity index (χ3v) is 2.09. The maximum absolute atomic E-state index is 11.3. The van der Waals surface area contributed by atoms with E-state index in [2.05, 4.69) is 26.5 Å². The molecule has 16 heavy (non-hydrogen) atoms. The summed E-state index contributed by atoms with van der Waals surface area (Å²) in [5.74, 6) is 3.15. The average Bonchev–Trinajstić information content (AvgIpc) is 2.61. The molecule has 0 radical (unpaired) electrons. The Kier molecular flexibility index (Phi) is 2.60. The van der Waals surface area contributed by atoms with Crippen molar-refractivity contribution in [2.24, 2.45) is 0 Å². The summed E-state index contributed by atoms with van der Waals surface area (Å²) in [6.45, 7) is 1.95. The van der Waals surface area contributed by atoms with Gasteiger partial charge in [0.2, 0.25) is 0 Å². The minimum atomic E-state index is -0.358. The van der Waals surface area contributed by atoms with E-state index in [4.69, 9.17) is 6.42 Å². The Hall–Kier alpha value is -2.29. The van der Waals surface area contributed by atoms with Gasteiger partial charge in [-0.1, -0.05) is 0 Å². The van der Waals surface area contributed by atoms with E-state index in [-0.39, 0.29) is 11.7 Å². The second-order valence-electron chi connectivity index (χ2n) is 3.47. The summed E-state index contributed by atoms with van der Waals surface area (Å²) in [4.78, 5) is 11.3. The number of hydrogen-bond donors (Lipinski definition) is 2. The number of nitrogens with zero attached hydrogens (tertiary/aromatic N) is 3. The van der Waals surface area contributed by atoms with Gasteiger partial charge in [-0.05, 0) is 19.1 Å². The Bertz CT molecular complexity index is 591. The van der Waals surface area contributed by atoms with Crippen molar-refractivity contribution in [3.8, 4) is 12.3 Å². The van der Waals surface area contributed by atoms with E-state index in [1.807, 2.05) is 6.92 Å². The molecule has 6 nitrogen and oxygen atoms in total. The highest BCUT2D eigenvalue weighted by Crippen LogP contribution is 2.05. The molecule has 2 heterocycles. The Labute approximate surface area is 91.7 Å². The molecule has 2 N–H and O–H groups in total. The van der Waals surface area contributed by atoms with E-state index in [9.17, 15) is 4.79 Å². The highest BCUT2D eigenvalue weighted by atomic mass is 16.2. The highest BCUT2D eigenvalue weighted by Gasteiger charge is 2.04. The van der Waals surface area contributed by atoms with Crippen LogP contribution in [0.5, 0.6) is 0 Å². The fourth-order valence-electron chi connectivity index (χ4n) is 1.36. The van der Waals surface area contributed by atoms with Crippen molar-refractivity contribution in [3.63, 3.8) is 0 Å². The monoisotopic (exact) mass is 217 g/mol. The lowest BCUT2D eigenvalue weighted by atomic mass is 10.2. The largest absolute Gasteiger partial charge is 0.365 e. The number of fused-ring (bicyclic) bond motifs is 1. The van der Waals surface area contributed by atoms with E-state index in [0.717, 1.165) is 0 Å². The fraction of sp³-hybridized carbons (Fsp3) is 0.300. The van der Waals surface area contributed by atoms with Crippen LogP contribution >= 0.6 is 0 Å². The van der Waals surface area contributed by atoms with Crippen molar-refractivity contribution in [2.45, 2.75) is 19.4 Å². The van der Waals surface area contributed by atoms with Crippen molar-refractivity contribution >= 4 is 11.5 Å². The molecule has 0 bridgehead atoms. The zero-order chi connectivity index (χ0) is 11.5. The Balaban J connectivity index is 2.29. The SMILES string of the molecule is C#CCC(C)Nc1ccc2n[nH]c(=O)n2n1. The van der Waals surface area contributed by atoms with Gasteiger partial charge in [0.15, 0.2) is 5.65 Å². The maximum Gasteiger partial charge on any atom is 0.364 e. The van der Waals surface area contributed by atoms with Crippen molar-refractivity contribution in [1.82, 2.24) is 19.8 Å². The minimum absolute atomic E-state index is 0.109. The first-order valence-corrected chi connectivity index (χ1v) is 4.85. The van der Waals surface area contributed by atoms with Crippen LogP contribution in [0.15, 0.2) is 16.9 Å². The summed E-state index contributed by atoms with van der Waals surface area (Å²) in [5.41, 5.74) is 0.128. The van der Waals surface area contributed by atoms with E-state index in [1.54, 1.807) is 12.1 Å². The van der Waals surface area contributed by atoms with Gasteiger partial charge in [-0.25, -0.2) is 9.89 Å². The first kappa shape index (κ1) is 10.2. The number of anilines is 1.